The lowest BCUT2D eigenvalue weighted by Gasteiger charge is -2.21. The van der Waals surface area contributed by atoms with Gasteiger partial charge < -0.3 is 16.2 Å². The molecule has 2 unspecified atom stereocenters. The van der Waals surface area contributed by atoms with Crippen molar-refractivity contribution in [2.75, 3.05) is 12.3 Å². The highest BCUT2D eigenvalue weighted by molar-refractivity contribution is 6.38. The van der Waals surface area contributed by atoms with Gasteiger partial charge in [-0.3, -0.25) is 0 Å². The third kappa shape index (κ3) is 3.99. The van der Waals surface area contributed by atoms with Gasteiger partial charge in [0, 0.05) is 12.6 Å². The van der Waals surface area contributed by atoms with E-state index in [1.807, 2.05) is 18.2 Å². The number of benzene rings is 2. The second-order valence-corrected chi connectivity index (χ2v) is 6.86. The van der Waals surface area contributed by atoms with E-state index in [0.717, 1.165) is 0 Å². The number of nitrogens with two attached hydrogens (primary N) is 1. The second-order valence-electron chi connectivity index (χ2n) is 6.05. The van der Waals surface area contributed by atoms with Crippen LogP contribution in [0.1, 0.15) is 36.1 Å². The molecule has 1 aliphatic rings. The van der Waals surface area contributed by atoms with Crippen LogP contribution in [0.25, 0.3) is 0 Å². The van der Waals surface area contributed by atoms with Crippen LogP contribution in [0.4, 0.5) is 5.69 Å². The van der Waals surface area contributed by atoms with Gasteiger partial charge in [0.05, 0.1) is 21.8 Å². The Labute approximate surface area is 146 Å². The lowest BCUT2D eigenvalue weighted by molar-refractivity contribution is 0.168. The molecular formula is C18H20Cl2N2O. The van der Waals surface area contributed by atoms with E-state index in [-0.39, 0.29) is 6.04 Å². The third-order valence-corrected chi connectivity index (χ3v) is 4.89. The van der Waals surface area contributed by atoms with Gasteiger partial charge in [0.15, 0.2) is 0 Å². The minimum atomic E-state index is -0.685. The van der Waals surface area contributed by atoms with Gasteiger partial charge in [0.2, 0.25) is 0 Å². The number of hydrogen-bond donors (Lipinski definition) is 3. The fourth-order valence-electron chi connectivity index (χ4n) is 2.80. The van der Waals surface area contributed by atoms with Crippen LogP contribution in [0.5, 0.6) is 0 Å². The maximum Gasteiger partial charge on any atom is 0.0915 e. The molecule has 2 aromatic rings. The summed E-state index contributed by atoms with van der Waals surface area (Å²) in [6.45, 7) is 0.437. The molecule has 1 aliphatic carbocycles. The number of nitrogens with one attached hydrogen (secondary N) is 1. The van der Waals surface area contributed by atoms with Crippen molar-refractivity contribution < 1.29 is 5.11 Å². The predicted molar refractivity (Wildman–Crippen MR) is 95.7 cm³/mol. The van der Waals surface area contributed by atoms with Gasteiger partial charge in [0.1, 0.15) is 0 Å². The number of aliphatic hydroxyl groups excluding tert-OH is 1. The number of aliphatic hydroxyl groups is 1. The molecule has 1 fully saturated rings. The zero-order valence-electron chi connectivity index (χ0n) is 12.7. The number of anilines is 1. The number of rotatable bonds is 6. The van der Waals surface area contributed by atoms with Crippen molar-refractivity contribution in [3.63, 3.8) is 0 Å². The Morgan fingerprint density at radius 1 is 1.09 bits per heavy atom. The molecule has 0 amide bonds. The van der Waals surface area contributed by atoms with Crippen molar-refractivity contribution in [2.24, 2.45) is 5.92 Å². The molecule has 1 saturated carbocycles. The van der Waals surface area contributed by atoms with Crippen LogP contribution in [0, 0.1) is 5.92 Å². The number of nitrogen functional groups attached to an aromatic ring is 1. The van der Waals surface area contributed by atoms with Crippen molar-refractivity contribution >= 4 is 28.9 Å². The van der Waals surface area contributed by atoms with Crippen molar-refractivity contribution in [3.8, 4) is 0 Å². The highest BCUT2D eigenvalue weighted by Crippen LogP contribution is 2.41. The molecule has 23 heavy (non-hydrogen) atoms. The van der Waals surface area contributed by atoms with E-state index in [9.17, 15) is 5.11 Å². The van der Waals surface area contributed by atoms with Crippen LogP contribution in [0.2, 0.25) is 10.0 Å². The normalized spacial score (nSPS) is 17.0. The fourth-order valence-corrected chi connectivity index (χ4v) is 3.30. The van der Waals surface area contributed by atoms with Crippen molar-refractivity contribution in [2.45, 2.75) is 25.0 Å². The van der Waals surface area contributed by atoms with Gasteiger partial charge in [-0.1, -0.05) is 53.5 Å². The summed E-state index contributed by atoms with van der Waals surface area (Å²) in [4.78, 5) is 0. The molecule has 122 valence electrons. The van der Waals surface area contributed by atoms with Crippen LogP contribution in [-0.2, 0) is 0 Å². The van der Waals surface area contributed by atoms with Gasteiger partial charge in [-0.15, -0.1) is 0 Å². The molecule has 4 N–H and O–H groups in total. The van der Waals surface area contributed by atoms with Crippen molar-refractivity contribution in [1.82, 2.24) is 5.32 Å². The molecule has 3 rings (SSSR count). The Kier molecular flexibility index (Phi) is 5.12. The van der Waals surface area contributed by atoms with E-state index in [2.05, 4.69) is 17.4 Å². The predicted octanol–water partition coefficient (Wildman–Crippen LogP) is 4.35. The first-order chi connectivity index (χ1) is 11.1. The summed E-state index contributed by atoms with van der Waals surface area (Å²) in [6, 6.07) is 14.0. The van der Waals surface area contributed by atoms with E-state index >= 15 is 0 Å². The molecule has 3 nitrogen and oxygen atoms in total. The van der Waals surface area contributed by atoms with Gasteiger partial charge in [-0.05, 0) is 42.0 Å². The van der Waals surface area contributed by atoms with Crippen LogP contribution in [-0.4, -0.2) is 11.7 Å². The summed E-state index contributed by atoms with van der Waals surface area (Å²) in [7, 11) is 0. The average molecular weight is 351 g/mol. The van der Waals surface area contributed by atoms with E-state index in [4.69, 9.17) is 28.9 Å². The summed E-state index contributed by atoms with van der Waals surface area (Å²) in [5.74, 6) is 0.642. The van der Waals surface area contributed by atoms with E-state index in [1.165, 1.54) is 18.4 Å². The Hall–Kier alpha value is -1.26. The van der Waals surface area contributed by atoms with Crippen LogP contribution >= 0.6 is 23.2 Å². The maximum atomic E-state index is 10.4. The molecule has 0 aliphatic heterocycles. The maximum absolute atomic E-state index is 10.4. The largest absolute Gasteiger partial charge is 0.396 e. The van der Waals surface area contributed by atoms with Gasteiger partial charge in [-0.25, -0.2) is 0 Å². The minimum Gasteiger partial charge on any atom is -0.396 e. The van der Waals surface area contributed by atoms with Crippen LogP contribution < -0.4 is 11.1 Å². The summed E-state index contributed by atoms with van der Waals surface area (Å²) < 4.78 is 0. The third-order valence-electron chi connectivity index (χ3n) is 4.27. The standard InChI is InChI=1S/C18H20Cl2N2O/c19-14-8-13(9-15(20)17(14)21)16(23)10-22-18(12-6-7-12)11-4-2-1-3-5-11/h1-5,8-9,12,16,18,22-23H,6-7,10,21H2. The minimum absolute atomic E-state index is 0.269. The zero-order chi connectivity index (χ0) is 16.4. The molecular weight excluding hydrogens is 331 g/mol. The van der Waals surface area contributed by atoms with Gasteiger partial charge in [-0.2, -0.15) is 0 Å². The topological polar surface area (TPSA) is 58.3 Å². The van der Waals surface area contributed by atoms with E-state index in [0.29, 0.717) is 33.8 Å². The lowest BCUT2D eigenvalue weighted by Crippen LogP contribution is -2.28. The van der Waals surface area contributed by atoms with Crippen LogP contribution in [0.3, 0.4) is 0 Å². The summed E-state index contributed by atoms with van der Waals surface area (Å²) in [5.41, 5.74) is 8.01. The molecule has 0 aromatic heterocycles. The highest BCUT2D eigenvalue weighted by atomic mass is 35.5. The molecule has 0 bridgehead atoms. The molecule has 2 atom stereocenters. The summed E-state index contributed by atoms with van der Waals surface area (Å²) in [5, 5.41) is 14.7. The summed E-state index contributed by atoms with van der Waals surface area (Å²) >= 11 is 12.1. The Bertz CT molecular complexity index is 651. The van der Waals surface area contributed by atoms with Gasteiger partial charge in [0.25, 0.3) is 0 Å². The average Bonchev–Trinajstić information content (AvgIpc) is 3.38. The lowest BCUT2D eigenvalue weighted by atomic mass is 10.0. The molecule has 0 saturated heterocycles. The Morgan fingerprint density at radius 3 is 2.26 bits per heavy atom. The van der Waals surface area contributed by atoms with Gasteiger partial charge >= 0.3 is 0 Å². The second kappa shape index (κ2) is 7.10. The first-order valence-electron chi connectivity index (χ1n) is 7.77. The Balaban J connectivity index is 1.69. The van der Waals surface area contributed by atoms with Crippen molar-refractivity contribution in [1.29, 1.82) is 0 Å². The molecule has 0 heterocycles. The quantitative estimate of drug-likeness (QED) is 0.678. The first kappa shape index (κ1) is 16.6. The van der Waals surface area contributed by atoms with E-state index < -0.39 is 6.10 Å². The number of hydrogen-bond acceptors (Lipinski definition) is 3. The molecule has 0 spiro atoms. The molecule has 5 heteroatoms. The SMILES string of the molecule is Nc1c(Cl)cc(C(O)CNC(c2ccccc2)C2CC2)cc1Cl. The van der Waals surface area contributed by atoms with E-state index in [1.54, 1.807) is 12.1 Å². The summed E-state index contributed by atoms with van der Waals surface area (Å²) in [6.07, 6.45) is 1.76. The Morgan fingerprint density at radius 2 is 1.70 bits per heavy atom. The zero-order valence-corrected chi connectivity index (χ0v) is 14.2. The smallest absolute Gasteiger partial charge is 0.0915 e. The first-order valence-corrected chi connectivity index (χ1v) is 8.52. The van der Waals surface area contributed by atoms with Crippen molar-refractivity contribution in [3.05, 3.63) is 63.6 Å². The fraction of sp³-hybridized carbons (Fsp3) is 0.333. The highest BCUT2D eigenvalue weighted by Gasteiger charge is 2.32. The molecule has 0 radical (unpaired) electrons. The van der Waals surface area contributed by atoms with Crippen LogP contribution in [0.15, 0.2) is 42.5 Å². The number of halogens is 2. The molecule has 2 aromatic carbocycles. The monoisotopic (exact) mass is 350 g/mol.